The molecule has 0 aliphatic heterocycles. The summed E-state index contributed by atoms with van der Waals surface area (Å²) in [5.74, 6) is 0. The molecule has 56 valence electrons. The fourth-order valence-electron chi connectivity index (χ4n) is 0.909. The van der Waals surface area contributed by atoms with Crippen LogP contribution in [0.15, 0.2) is 18.5 Å². The first-order valence-electron chi connectivity index (χ1n) is 3.61. The fourth-order valence-corrected chi connectivity index (χ4v) is 1.07. The minimum absolute atomic E-state index is 0.403. The average Bonchev–Trinajstić information content (AvgIpc) is 2.34. The second-order valence-corrected chi connectivity index (χ2v) is 3.33. The Balaban J connectivity index is 2.78. The van der Waals surface area contributed by atoms with Crippen LogP contribution in [0, 0.1) is 0 Å². The third-order valence-electron chi connectivity index (χ3n) is 1.63. The van der Waals surface area contributed by atoms with Gasteiger partial charge in [-0.3, -0.25) is 0 Å². The molecule has 1 aromatic heterocycles. The Bertz CT molecular complexity index is 203. The van der Waals surface area contributed by atoms with Crippen LogP contribution in [0.1, 0.15) is 24.8 Å². The van der Waals surface area contributed by atoms with Crippen molar-refractivity contribution in [2.45, 2.75) is 25.6 Å². The second kappa shape index (κ2) is 3.15. The van der Waals surface area contributed by atoms with Crippen molar-refractivity contribution < 1.29 is 0 Å². The summed E-state index contributed by atoms with van der Waals surface area (Å²) in [7, 11) is 0. The van der Waals surface area contributed by atoms with E-state index in [1.807, 2.05) is 0 Å². The summed E-state index contributed by atoms with van der Waals surface area (Å²) in [4.78, 5) is 0. The highest BCUT2D eigenvalue weighted by Crippen LogP contribution is 2.07. The SMILES string of the molecule is CCc1ccn(C(C)[SH2+])c1. The fraction of sp³-hybridized carbons (Fsp3) is 0.500. The number of aryl methyl sites for hydroxylation is 1. The monoisotopic (exact) mass is 156 g/mol. The molecule has 0 N–H and O–H groups in total. The number of nitrogens with zero attached hydrogens (tertiary/aromatic N) is 1. The van der Waals surface area contributed by atoms with Gasteiger partial charge in [0.05, 0.1) is 0 Å². The summed E-state index contributed by atoms with van der Waals surface area (Å²) in [6, 6.07) is 2.15. The van der Waals surface area contributed by atoms with Gasteiger partial charge in [0.25, 0.3) is 0 Å². The first-order chi connectivity index (χ1) is 4.74. The molecule has 0 aromatic carbocycles. The zero-order valence-corrected chi connectivity index (χ0v) is 7.46. The molecule has 1 unspecified atom stereocenters. The first kappa shape index (κ1) is 7.73. The lowest BCUT2D eigenvalue weighted by molar-refractivity contribution is 0.747. The summed E-state index contributed by atoms with van der Waals surface area (Å²) in [6.07, 6.45) is 5.38. The molecular weight excluding hydrogens is 142 g/mol. The van der Waals surface area contributed by atoms with E-state index in [9.17, 15) is 0 Å². The van der Waals surface area contributed by atoms with Gasteiger partial charge in [0.15, 0.2) is 5.37 Å². The van der Waals surface area contributed by atoms with Gasteiger partial charge in [-0.2, -0.15) is 0 Å². The topological polar surface area (TPSA) is 4.93 Å². The molecule has 1 aromatic rings. The van der Waals surface area contributed by atoms with Crippen LogP contribution in [-0.2, 0) is 19.0 Å². The minimum atomic E-state index is 0.403. The van der Waals surface area contributed by atoms with Crippen LogP contribution in [0.4, 0.5) is 0 Å². The number of hydrogen-bond acceptors (Lipinski definition) is 0. The molecule has 0 amide bonds. The predicted octanol–water partition coefficient (Wildman–Crippen LogP) is 1.58. The van der Waals surface area contributed by atoms with Crippen molar-refractivity contribution in [3.8, 4) is 0 Å². The van der Waals surface area contributed by atoms with E-state index < -0.39 is 0 Å². The predicted molar refractivity (Wildman–Crippen MR) is 48.7 cm³/mol. The lowest BCUT2D eigenvalue weighted by Crippen LogP contribution is -1.96. The molecule has 0 fully saturated rings. The van der Waals surface area contributed by atoms with Gasteiger partial charge in [-0.25, -0.2) is 0 Å². The third-order valence-corrected chi connectivity index (χ3v) is 1.93. The zero-order valence-electron chi connectivity index (χ0n) is 6.46. The van der Waals surface area contributed by atoms with Gasteiger partial charge in [0.1, 0.15) is 0 Å². The zero-order chi connectivity index (χ0) is 7.56. The van der Waals surface area contributed by atoms with Crippen molar-refractivity contribution in [3.63, 3.8) is 0 Å². The maximum atomic E-state index is 3.54. The first-order valence-corrected chi connectivity index (χ1v) is 4.19. The molecule has 0 saturated carbocycles. The maximum Gasteiger partial charge on any atom is 0.186 e. The Morgan fingerprint density at radius 3 is 2.70 bits per heavy atom. The lowest BCUT2D eigenvalue weighted by Gasteiger charge is -1.98. The number of aromatic nitrogens is 1. The van der Waals surface area contributed by atoms with Gasteiger partial charge >= 0.3 is 0 Å². The number of hydrogen-bond donors (Lipinski definition) is 0. The molecule has 1 nitrogen and oxygen atoms in total. The quantitative estimate of drug-likeness (QED) is 0.573. The van der Waals surface area contributed by atoms with Crippen molar-refractivity contribution in [3.05, 3.63) is 24.0 Å². The molecule has 0 aliphatic carbocycles. The van der Waals surface area contributed by atoms with Gasteiger partial charge < -0.3 is 4.57 Å². The molecule has 0 radical (unpaired) electrons. The number of rotatable bonds is 2. The normalized spacial score (nSPS) is 13.5. The molecule has 1 rings (SSSR count). The van der Waals surface area contributed by atoms with Crippen LogP contribution in [0.2, 0.25) is 0 Å². The molecule has 0 aliphatic rings. The Kier molecular flexibility index (Phi) is 2.44. The van der Waals surface area contributed by atoms with Gasteiger partial charge in [-0.1, -0.05) is 6.92 Å². The Labute approximate surface area is 67.5 Å². The van der Waals surface area contributed by atoms with E-state index >= 15 is 0 Å². The standard InChI is InChI=1S/C8H13NS/c1-3-8-4-5-9(6-8)7(2)10/h4-7,10H,3H2,1-2H3/p+1. The lowest BCUT2D eigenvalue weighted by atomic mass is 10.3. The van der Waals surface area contributed by atoms with Crippen LogP contribution in [-0.4, -0.2) is 4.57 Å². The second-order valence-electron chi connectivity index (χ2n) is 2.50. The van der Waals surface area contributed by atoms with E-state index in [1.165, 1.54) is 5.56 Å². The van der Waals surface area contributed by atoms with Crippen LogP contribution in [0.5, 0.6) is 0 Å². The van der Waals surface area contributed by atoms with Crippen LogP contribution < -0.4 is 0 Å². The highest BCUT2D eigenvalue weighted by Gasteiger charge is 2.01. The Morgan fingerprint density at radius 1 is 1.70 bits per heavy atom. The van der Waals surface area contributed by atoms with E-state index in [4.69, 9.17) is 0 Å². The maximum absolute atomic E-state index is 3.54. The summed E-state index contributed by atoms with van der Waals surface area (Å²) in [5.41, 5.74) is 1.39. The van der Waals surface area contributed by atoms with Gasteiger partial charge in [0.2, 0.25) is 0 Å². The van der Waals surface area contributed by atoms with E-state index in [0.29, 0.717) is 5.37 Å². The van der Waals surface area contributed by atoms with Crippen molar-refractivity contribution in [1.29, 1.82) is 0 Å². The van der Waals surface area contributed by atoms with E-state index in [0.717, 1.165) is 6.42 Å². The van der Waals surface area contributed by atoms with Gasteiger partial charge in [-0.05, 0) is 30.7 Å². The Morgan fingerprint density at radius 2 is 2.40 bits per heavy atom. The minimum Gasteiger partial charge on any atom is -0.310 e. The molecule has 10 heavy (non-hydrogen) atoms. The summed E-state index contributed by atoms with van der Waals surface area (Å²) < 4.78 is 2.15. The smallest absolute Gasteiger partial charge is 0.186 e. The van der Waals surface area contributed by atoms with Gasteiger partial charge in [-0.15, -0.1) is 0 Å². The van der Waals surface area contributed by atoms with Crippen LogP contribution >= 0.6 is 0 Å². The van der Waals surface area contributed by atoms with Crippen molar-refractivity contribution in [1.82, 2.24) is 4.57 Å². The third kappa shape index (κ3) is 1.57. The van der Waals surface area contributed by atoms with E-state index in [1.54, 1.807) is 0 Å². The van der Waals surface area contributed by atoms with Crippen molar-refractivity contribution in [2.24, 2.45) is 0 Å². The largest absolute Gasteiger partial charge is 0.310 e. The van der Waals surface area contributed by atoms with Gasteiger partial charge in [0, 0.05) is 19.3 Å². The summed E-state index contributed by atoms with van der Waals surface area (Å²) >= 11 is 3.54. The van der Waals surface area contributed by atoms with E-state index in [2.05, 4.69) is 49.5 Å². The molecule has 1 atom stereocenters. The highest BCUT2D eigenvalue weighted by atomic mass is 32.1. The molecular formula is C8H14NS+. The van der Waals surface area contributed by atoms with Crippen LogP contribution in [0.25, 0.3) is 0 Å². The van der Waals surface area contributed by atoms with Crippen molar-refractivity contribution in [2.75, 3.05) is 0 Å². The van der Waals surface area contributed by atoms with Crippen molar-refractivity contribution >= 4 is 12.6 Å². The molecule has 0 spiro atoms. The molecule has 1 heterocycles. The molecule has 2 heteroatoms. The van der Waals surface area contributed by atoms with E-state index in [-0.39, 0.29) is 0 Å². The average molecular weight is 156 g/mol. The molecule has 0 bridgehead atoms. The van der Waals surface area contributed by atoms with Crippen LogP contribution in [0.3, 0.4) is 0 Å². The molecule has 0 saturated heterocycles. The summed E-state index contributed by atoms with van der Waals surface area (Å²) in [6.45, 7) is 4.27. The highest BCUT2D eigenvalue weighted by molar-refractivity contribution is 7.58. The summed E-state index contributed by atoms with van der Waals surface area (Å²) in [5, 5.41) is 0.403. The Hall–Kier alpha value is -0.370.